The average molecular weight is 284 g/mol. The van der Waals surface area contributed by atoms with Crippen LogP contribution >= 0.6 is 0 Å². The molecule has 116 valence electrons. The molecule has 1 aliphatic rings. The van der Waals surface area contributed by atoms with Crippen LogP contribution in [0.25, 0.3) is 0 Å². The summed E-state index contributed by atoms with van der Waals surface area (Å²) >= 11 is 0. The lowest BCUT2D eigenvalue weighted by Gasteiger charge is -2.36. The summed E-state index contributed by atoms with van der Waals surface area (Å²) in [5.41, 5.74) is -1.19. The zero-order valence-corrected chi connectivity index (χ0v) is 13.1. The van der Waals surface area contributed by atoms with Crippen molar-refractivity contribution >= 4 is 12.0 Å². The summed E-state index contributed by atoms with van der Waals surface area (Å²) in [6.07, 6.45) is 6.03. The molecule has 2 N–H and O–H groups in total. The second-order valence-electron chi connectivity index (χ2n) is 6.24. The van der Waals surface area contributed by atoms with Crippen molar-refractivity contribution in [3.63, 3.8) is 0 Å². The van der Waals surface area contributed by atoms with Gasteiger partial charge in [0, 0.05) is 12.6 Å². The minimum Gasteiger partial charge on any atom is -0.480 e. The fourth-order valence-corrected chi connectivity index (χ4v) is 2.93. The van der Waals surface area contributed by atoms with E-state index in [-0.39, 0.29) is 12.1 Å². The first-order valence-electron chi connectivity index (χ1n) is 7.62. The summed E-state index contributed by atoms with van der Waals surface area (Å²) in [7, 11) is 0. The maximum absolute atomic E-state index is 12.3. The number of amides is 2. The number of nitrogens with one attached hydrogen (secondary N) is 1. The molecule has 2 amide bonds. The number of carboxylic acids is 1. The Bertz CT molecular complexity index is 349. The first-order chi connectivity index (χ1) is 9.30. The van der Waals surface area contributed by atoms with Gasteiger partial charge in [0.2, 0.25) is 0 Å². The standard InChI is InChI=1S/C15H28N2O3/c1-5-17(15(3,4)13(18)19)14(20)16-11(2)12-9-7-6-8-10-12/h11-12H,5-10H2,1-4H3,(H,16,20)(H,18,19). The number of aliphatic carboxylic acids is 1. The number of carbonyl (C=O) groups excluding carboxylic acids is 1. The number of carbonyl (C=O) groups is 2. The fraction of sp³-hybridized carbons (Fsp3) is 0.867. The molecule has 0 aromatic rings. The molecule has 0 radical (unpaired) electrons. The second-order valence-corrected chi connectivity index (χ2v) is 6.24. The van der Waals surface area contributed by atoms with E-state index in [1.165, 1.54) is 24.2 Å². The highest BCUT2D eigenvalue weighted by molar-refractivity contribution is 5.85. The Labute approximate surface area is 121 Å². The van der Waals surface area contributed by atoms with Gasteiger partial charge in [-0.15, -0.1) is 0 Å². The molecule has 0 saturated heterocycles. The third-order valence-corrected chi connectivity index (χ3v) is 4.47. The number of nitrogens with zero attached hydrogens (tertiary/aromatic N) is 1. The second kappa shape index (κ2) is 6.95. The molecule has 1 aliphatic carbocycles. The van der Waals surface area contributed by atoms with Crippen molar-refractivity contribution in [1.29, 1.82) is 0 Å². The van der Waals surface area contributed by atoms with Crippen molar-refractivity contribution in [2.45, 2.75) is 71.4 Å². The molecule has 0 aromatic carbocycles. The summed E-state index contributed by atoms with van der Waals surface area (Å²) in [4.78, 5) is 25.0. The van der Waals surface area contributed by atoms with Crippen LogP contribution in [0.2, 0.25) is 0 Å². The van der Waals surface area contributed by atoms with Crippen molar-refractivity contribution in [2.24, 2.45) is 5.92 Å². The van der Waals surface area contributed by atoms with Gasteiger partial charge in [-0.05, 0) is 46.5 Å². The van der Waals surface area contributed by atoms with Gasteiger partial charge in [0.05, 0.1) is 0 Å². The van der Waals surface area contributed by atoms with Crippen molar-refractivity contribution < 1.29 is 14.7 Å². The van der Waals surface area contributed by atoms with Crippen LogP contribution in [0.3, 0.4) is 0 Å². The molecule has 20 heavy (non-hydrogen) atoms. The van der Waals surface area contributed by atoms with Crippen molar-refractivity contribution in [3.8, 4) is 0 Å². The SMILES string of the molecule is CCN(C(=O)NC(C)C1CCCCC1)C(C)(C)C(=O)O. The Morgan fingerprint density at radius 2 is 1.85 bits per heavy atom. The summed E-state index contributed by atoms with van der Waals surface area (Å²) in [6, 6.07) is -0.181. The Morgan fingerprint density at radius 3 is 2.30 bits per heavy atom. The largest absolute Gasteiger partial charge is 0.480 e. The van der Waals surface area contributed by atoms with Gasteiger partial charge in [-0.25, -0.2) is 9.59 Å². The van der Waals surface area contributed by atoms with Gasteiger partial charge in [-0.2, -0.15) is 0 Å². The minimum absolute atomic E-state index is 0.0986. The van der Waals surface area contributed by atoms with E-state index in [2.05, 4.69) is 5.32 Å². The number of carboxylic acid groups (broad SMARTS) is 1. The first kappa shape index (κ1) is 16.8. The topological polar surface area (TPSA) is 69.6 Å². The number of rotatable bonds is 5. The minimum atomic E-state index is -1.19. The van der Waals surface area contributed by atoms with E-state index in [0.717, 1.165) is 12.8 Å². The highest BCUT2D eigenvalue weighted by Crippen LogP contribution is 2.26. The zero-order chi connectivity index (χ0) is 15.3. The molecule has 0 aliphatic heterocycles. The molecule has 1 rings (SSSR count). The highest BCUT2D eigenvalue weighted by atomic mass is 16.4. The summed E-state index contributed by atoms with van der Waals surface area (Å²) < 4.78 is 0. The molecule has 0 aromatic heterocycles. The number of hydrogen-bond donors (Lipinski definition) is 2. The van der Waals surface area contributed by atoms with Gasteiger partial charge in [-0.3, -0.25) is 0 Å². The molecule has 0 heterocycles. The highest BCUT2D eigenvalue weighted by Gasteiger charge is 2.37. The van der Waals surface area contributed by atoms with E-state index in [4.69, 9.17) is 0 Å². The van der Waals surface area contributed by atoms with E-state index < -0.39 is 11.5 Å². The normalized spacial score (nSPS) is 18.4. The van der Waals surface area contributed by atoms with Crippen molar-refractivity contribution in [3.05, 3.63) is 0 Å². The van der Waals surface area contributed by atoms with Crippen molar-refractivity contribution in [2.75, 3.05) is 6.54 Å². The molecular weight excluding hydrogens is 256 g/mol. The predicted octanol–water partition coefficient (Wildman–Crippen LogP) is 2.85. The molecule has 5 heteroatoms. The summed E-state index contributed by atoms with van der Waals surface area (Å²) in [5.74, 6) is -0.473. The number of likely N-dealkylation sites (N-methyl/N-ethyl adjacent to an activating group) is 1. The third-order valence-electron chi connectivity index (χ3n) is 4.47. The molecule has 0 spiro atoms. The van der Waals surface area contributed by atoms with E-state index >= 15 is 0 Å². The lowest BCUT2D eigenvalue weighted by molar-refractivity contribution is -0.147. The van der Waals surface area contributed by atoms with Crippen LogP contribution in [0.1, 0.15) is 59.8 Å². The maximum Gasteiger partial charge on any atom is 0.329 e. The number of urea groups is 1. The molecule has 1 fully saturated rings. The average Bonchev–Trinajstić information content (AvgIpc) is 2.39. The molecule has 1 atom stereocenters. The number of hydrogen-bond acceptors (Lipinski definition) is 2. The lowest BCUT2D eigenvalue weighted by atomic mass is 9.84. The van der Waals surface area contributed by atoms with Gasteiger partial charge in [-0.1, -0.05) is 19.3 Å². The van der Waals surface area contributed by atoms with Crippen LogP contribution in [0.15, 0.2) is 0 Å². The van der Waals surface area contributed by atoms with Crippen LogP contribution in [0.4, 0.5) is 4.79 Å². The van der Waals surface area contributed by atoms with E-state index in [0.29, 0.717) is 12.5 Å². The van der Waals surface area contributed by atoms with E-state index in [1.54, 1.807) is 20.8 Å². The first-order valence-corrected chi connectivity index (χ1v) is 7.62. The summed E-state index contributed by atoms with van der Waals surface area (Å²) in [5, 5.41) is 12.2. The predicted molar refractivity (Wildman–Crippen MR) is 78.7 cm³/mol. The van der Waals surface area contributed by atoms with Crippen LogP contribution in [-0.4, -0.2) is 40.1 Å². The van der Waals surface area contributed by atoms with Gasteiger partial charge in [0.25, 0.3) is 0 Å². The smallest absolute Gasteiger partial charge is 0.329 e. The molecule has 1 unspecified atom stereocenters. The van der Waals surface area contributed by atoms with E-state index in [9.17, 15) is 14.7 Å². The van der Waals surface area contributed by atoms with Crippen LogP contribution in [-0.2, 0) is 4.79 Å². The van der Waals surface area contributed by atoms with Crippen LogP contribution < -0.4 is 5.32 Å². The Hall–Kier alpha value is -1.26. The maximum atomic E-state index is 12.3. The van der Waals surface area contributed by atoms with Gasteiger partial charge in [0.15, 0.2) is 0 Å². The molecule has 0 bridgehead atoms. The van der Waals surface area contributed by atoms with Crippen LogP contribution in [0.5, 0.6) is 0 Å². The van der Waals surface area contributed by atoms with Gasteiger partial charge < -0.3 is 15.3 Å². The van der Waals surface area contributed by atoms with Gasteiger partial charge in [0.1, 0.15) is 5.54 Å². The molecule has 1 saturated carbocycles. The van der Waals surface area contributed by atoms with Gasteiger partial charge >= 0.3 is 12.0 Å². The summed E-state index contributed by atoms with van der Waals surface area (Å²) in [6.45, 7) is 7.32. The monoisotopic (exact) mass is 284 g/mol. The Balaban J connectivity index is 2.65. The third kappa shape index (κ3) is 3.87. The van der Waals surface area contributed by atoms with Crippen LogP contribution in [0, 0.1) is 5.92 Å². The Morgan fingerprint density at radius 1 is 1.30 bits per heavy atom. The molecular formula is C15H28N2O3. The molecule has 5 nitrogen and oxygen atoms in total. The zero-order valence-electron chi connectivity index (χ0n) is 13.1. The quantitative estimate of drug-likeness (QED) is 0.815. The fourth-order valence-electron chi connectivity index (χ4n) is 2.93. The van der Waals surface area contributed by atoms with E-state index in [1.807, 2.05) is 6.92 Å². The lowest BCUT2D eigenvalue weighted by Crippen LogP contribution is -2.57. The van der Waals surface area contributed by atoms with Crippen molar-refractivity contribution in [1.82, 2.24) is 10.2 Å². The Kier molecular flexibility index (Phi) is 5.84.